The highest BCUT2D eigenvalue weighted by molar-refractivity contribution is 5.91. The number of halogens is 4. The number of alkyl halides is 3. The van der Waals surface area contributed by atoms with E-state index in [0.29, 0.717) is 23.8 Å². The molecule has 0 aliphatic heterocycles. The number of hydrogen-bond donors (Lipinski definition) is 1. The molecule has 0 bridgehead atoms. The van der Waals surface area contributed by atoms with Crippen molar-refractivity contribution in [2.75, 3.05) is 13.6 Å². The molecule has 0 saturated carbocycles. The lowest BCUT2D eigenvalue weighted by molar-refractivity contribution is -0.137. The van der Waals surface area contributed by atoms with Gasteiger partial charge in [0.05, 0.1) is 17.0 Å². The number of aromatic nitrogens is 2. The second-order valence-electron chi connectivity index (χ2n) is 9.50. The van der Waals surface area contributed by atoms with Crippen molar-refractivity contribution in [3.05, 3.63) is 83.2 Å². The van der Waals surface area contributed by atoms with Gasteiger partial charge in [-0.25, -0.2) is 28.3 Å². The predicted octanol–water partition coefficient (Wildman–Crippen LogP) is 5.79. The fraction of sp³-hybridized carbons (Fsp3) is 0.308. The number of amides is 1. The van der Waals surface area contributed by atoms with E-state index >= 15 is 0 Å². The molecule has 208 valence electrons. The first kappa shape index (κ1) is 29.1. The summed E-state index contributed by atoms with van der Waals surface area (Å²) in [6, 6.07) is 6.91. The summed E-state index contributed by atoms with van der Waals surface area (Å²) in [5.41, 5.74) is -2.42. The van der Waals surface area contributed by atoms with E-state index in [2.05, 4.69) is 4.98 Å². The van der Waals surface area contributed by atoms with Gasteiger partial charge >= 0.3 is 24.3 Å². The van der Waals surface area contributed by atoms with Gasteiger partial charge in [-0.2, -0.15) is 13.2 Å². The van der Waals surface area contributed by atoms with Crippen LogP contribution < -0.4 is 4.74 Å². The van der Waals surface area contributed by atoms with E-state index in [1.165, 1.54) is 48.6 Å². The first-order valence-corrected chi connectivity index (χ1v) is 11.5. The van der Waals surface area contributed by atoms with Crippen LogP contribution in [-0.2, 0) is 10.9 Å². The van der Waals surface area contributed by atoms with Crippen LogP contribution in [0.3, 0.4) is 0 Å². The van der Waals surface area contributed by atoms with E-state index in [1.54, 1.807) is 20.8 Å². The highest BCUT2D eigenvalue weighted by atomic mass is 19.4. The Morgan fingerprint density at radius 3 is 2.28 bits per heavy atom. The van der Waals surface area contributed by atoms with E-state index in [0.717, 1.165) is 4.57 Å². The molecule has 2 aromatic carbocycles. The van der Waals surface area contributed by atoms with Crippen LogP contribution in [0.2, 0.25) is 0 Å². The number of nitrogens with zero attached hydrogens (tertiary/aromatic N) is 3. The summed E-state index contributed by atoms with van der Waals surface area (Å²) < 4.78 is 64.3. The van der Waals surface area contributed by atoms with Crippen molar-refractivity contribution in [1.82, 2.24) is 14.5 Å². The van der Waals surface area contributed by atoms with Crippen LogP contribution in [0.15, 0.2) is 54.9 Å². The zero-order valence-electron chi connectivity index (χ0n) is 21.3. The lowest BCUT2D eigenvalue weighted by Gasteiger charge is -2.27. The molecule has 0 fully saturated rings. The number of ether oxygens (including phenoxy) is 2. The van der Waals surface area contributed by atoms with Crippen LogP contribution in [-0.4, -0.2) is 56.9 Å². The first-order valence-electron chi connectivity index (χ1n) is 11.5. The van der Waals surface area contributed by atoms with Crippen molar-refractivity contribution in [3.8, 4) is 5.75 Å². The van der Waals surface area contributed by atoms with Gasteiger partial charge < -0.3 is 19.5 Å². The maximum absolute atomic E-state index is 14.1. The minimum Gasteiger partial charge on any atom is -0.464 e. The Bertz CT molecular complexity index is 1360. The zero-order chi connectivity index (χ0) is 29.1. The molecule has 3 rings (SSSR count). The number of benzene rings is 2. The maximum Gasteiger partial charge on any atom is 0.417 e. The van der Waals surface area contributed by atoms with Crippen molar-refractivity contribution >= 4 is 18.2 Å². The molecule has 0 spiro atoms. The third-order valence-corrected chi connectivity index (χ3v) is 5.36. The van der Waals surface area contributed by atoms with Crippen molar-refractivity contribution < 1.29 is 46.5 Å². The van der Waals surface area contributed by atoms with Crippen LogP contribution in [0, 0.1) is 5.82 Å². The third kappa shape index (κ3) is 7.33. The normalized spacial score (nSPS) is 12.5. The Morgan fingerprint density at radius 1 is 1.08 bits per heavy atom. The SMILES string of the molecule is CN(CC(c1ccc(OC(=O)c2cc(C(F)(F)F)ccc2F)cc1)c1nccn1C(=O)O)C(=O)OC(C)(C)C. The Kier molecular flexibility index (Phi) is 8.32. The minimum atomic E-state index is -4.78. The second kappa shape index (κ2) is 11.1. The van der Waals surface area contributed by atoms with Gasteiger partial charge in [0.1, 0.15) is 23.0 Å². The van der Waals surface area contributed by atoms with Gasteiger partial charge in [0, 0.05) is 26.0 Å². The number of carboxylic acid groups (broad SMARTS) is 1. The van der Waals surface area contributed by atoms with Crippen LogP contribution in [0.4, 0.5) is 27.2 Å². The molecule has 0 aliphatic rings. The zero-order valence-corrected chi connectivity index (χ0v) is 21.3. The van der Waals surface area contributed by atoms with Crippen LogP contribution >= 0.6 is 0 Å². The van der Waals surface area contributed by atoms with E-state index in [9.17, 15) is 37.1 Å². The van der Waals surface area contributed by atoms with Gasteiger partial charge in [-0.3, -0.25) is 0 Å². The molecule has 1 amide bonds. The minimum absolute atomic E-state index is 0.0478. The number of hydrogen-bond acceptors (Lipinski definition) is 6. The number of imidazole rings is 1. The van der Waals surface area contributed by atoms with Gasteiger partial charge in [0.2, 0.25) is 0 Å². The molecule has 13 heteroatoms. The van der Waals surface area contributed by atoms with E-state index < -0.39 is 52.8 Å². The third-order valence-electron chi connectivity index (χ3n) is 5.36. The molecule has 39 heavy (non-hydrogen) atoms. The van der Waals surface area contributed by atoms with Gasteiger partial charge in [0.15, 0.2) is 0 Å². The number of likely N-dealkylation sites (N-methyl/N-ethyl adjacent to an activating group) is 1. The summed E-state index contributed by atoms with van der Waals surface area (Å²) in [5.74, 6) is -3.32. The average Bonchev–Trinajstić information content (AvgIpc) is 3.31. The summed E-state index contributed by atoms with van der Waals surface area (Å²) >= 11 is 0. The smallest absolute Gasteiger partial charge is 0.417 e. The molecule has 1 unspecified atom stereocenters. The fourth-order valence-electron chi connectivity index (χ4n) is 3.55. The molecular weight excluding hydrogens is 526 g/mol. The van der Waals surface area contributed by atoms with Crippen LogP contribution in [0.25, 0.3) is 0 Å². The molecule has 0 saturated heterocycles. The van der Waals surface area contributed by atoms with Crippen molar-refractivity contribution in [1.29, 1.82) is 0 Å². The monoisotopic (exact) mass is 551 g/mol. The van der Waals surface area contributed by atoms with Gasteiger partial charge in [0.25, 0.3) is 0 Å². The second-order valence-corrected chi connectivity index (χ2v) is 9.50. The summed E-state index contributed by atoms with van der Waals surface area (Å²) in [5, 5.41) is 9.55. The molecule has 1 atom stereocenters. The molecule has 0 aliphatic carbocycles. The molecule has 9 nitrogen and oxygen atoms in total. The largest absolute Gasteiger partial charge is 0.464 e. The number of carbonyl (C=O) groups excluding carboxylic acids is 2. The molecule has 0 radical (unpaired) electrons. The number of rotatable bonds is 6. The highest BCUT2D eigenvalue weighted by Gasteiger charge is 2.32. The summed E-state index contributed by atoms with van der Waals surface area (Å²) in [7, 11) is 1.47. The molecule has 1 heterocycles. The first-order chi connectivity index (χ1) is 18.1. The lowest BCUT2D eigenvalue weighted by Crippen LogP contribution is -2.37. The molecule has 3 aromatic rings. The standard InChI is InChI=1S/C26H25F4N3O6/c1-25(2,3)39-24(37)32(4)14-19(21-31-11-12-33(21)23(35)36)15-5-8-17(9-6-15)38-22(34)18-13-16(26(28,29)30)7-10-20(18)27/h5-13,19H,14H2,1-4H3,(H,35,36). The Balaban J connectivity index is 1.88. The van der Waals surface area contributed by atoms with Gasteiger partial charge in [-0.15, -0.1) is 0 Å². The summed E-state index contributed by atoms with van der Waals surface area (Å²) in [6.45, 7) is 5.03. The highest BCUT2D eigenvalue weighted by Crippen LogP contribution is 2.31. The van der Waals surface area contributed by atoms with Crippen LogP contribution in [0.1, 0.15) is 54.0 Å². The van der Waals surface area contributed by atoms with E-state index in [4.69, 9.17) is 9.47 Å². The van der Waals surface area contributed by atoms with E-state index in [-0.39, 0.29) is 18.1 Å². The Morgan fingerprint density at radius 2 is 1.72 bits per heavy atom. The van der Waals surface area contributed by atoms with Gasteiger partial charge in [-0.05, 0) is 56.7 Å². The Hall–Kier alpha value is -4.42. The number of carbonyl (C=O) groups is 3. The number of esters is 1. The molecular formula is C26H25F4N3O6. The fourth-order valence-corrected chi connectivity index (χ4v) is 3.55. The summed E-state index contributed by atoms with van der Waals surface area (Å²) in [4.78, 5) is 42.0. The maximum atomic E-state index is 14.1. The van der Waals surface area contributed by atoms with E-state index in [1.807, 2.05) is 0 Å². The van der Waals surface area contributed by atoms with Gasteiger partial charge in [-0.1, -0.05) is 12.1 Å². The lowest BCUT2D eigenvalue weighted by atomic mass is 9.97. The van der Waals surface area contributed by atoms with Crippen molar-refractivity contribution in [3.63, 3.8) is 0 Å². The summed E-state index contributed by atoms with van der Waals surface area (Å²) in [6.07, 6.45) is -4.23. The van der Waals surface area contributed by atoms with Crippen molar-refractivity contribution in [2.45, 2.75) is 38.5 Å². The molecule has 1 N–H and O–H groups in total. The topological polar surface area (TPSA) is 111 Å². The van der Waals surface area contributed by atoms with Crippen molar-refractivity contribution in [2.24, 2.45) is 0 Å². The predicted molar refractivity (Wildman–Crippen MR) is 129 cm³/mol. The Labute approximate surface area is 220 Å². The van der Waals surface area contributed by atoms with Crippen LogP contribution in [0.5, 0.6) is 5.75 Å². The average molecular weight is 551 g/mol. The molecule has 1 aromatic heterocycles. The quantitative estimate of drug-likeness (QED) is 0.235.